The van der Waals surface area contributed by atoms with E-state index in [-0.39, 0.29) is 11.4 Å². The molecule has 1 amide bonds. The third-order valence-electron chi connectivity index (χ3n) is 2.39. The normalized spacial score (nSPS) is 11.4. The highest BCUT2D eigenvalue weighted by atomic mass is 79.9. The fourth-order valence-electron chi connectivity index (χ4n) is 1.51. The summed E-state index contributed by atoms with van der Waals surface area (Å²) in [4.78, 5) is 12.0. The molecule has 0 fully saturated rings. The van der Waals surface area contributed by atoms with Crippen molar-refractivity contribution in [3.63, 3.8) is 0 Å². The third-order valence-corrected chi connectivity index (χ3v) is 3.25. The number of amides is 1. The average molecular weight is 300 g/mol. The van der Waals surface area contributed by atoms with E-state index in [0.717, 1.165) is 10.0 Å². The lowest BCUT2D eigenvalue weighted by Crippen LogP contribution is -2.46. The molecule has 3 nitrogen and oxygen atoms in total. The number of carbonyl (C=O) groups excluding carboxylic acids is 1. The molecule has 0 aliphatic rings. The molecule has 0 heterocycles. The van der Waals surface area contributed by atoms with Crippen molar-refractivity contribution in [2.75, 3.05) is 13.7 Å². The van der Waals surface area contributed by atoms with E-state index in [1.54, 1.807) is 7.11 Å². The zero-order valence-electron chi connectivity index (χ0n) is 10.6. The number of nitrogens with one attached hydrogen (secondary N) is 1. The minimum atomic E-state index is -0.372. The zero-order valence-corrected chi connectivity index (χ0v) is 12.2. The van der Waals surface area contributed by atoms with Gasteiger partial charge in [-0.2, -0.15) is 0 Å². The van der Waals surface area contributed by atoms with Crippen molar-refractivity contribution in [1.29, 1.82) is 0 Å². The Labute approximate surface area is 111 Å². The first-order valence-corrected chi connectivity index (χ1v) is 6.22. The molecule has 1 aromatic rings. The molecule has 1 N–H and O–H groups in total. The number of ether oxygens (including phenoxy) is 1. The number of benzene rings is 1. The Morgan fingerprint density at radius 3 is 2.65 bits per heavy atom. The summed E-state index contributed by atoms with van der Waals surface area (Å²) in [6, 6.07) is 5.56. The van der Waals surface area contributed by atoms with Crippen LogP contribution in [-0.4, -0.2) is 25.2 Å². The maximum absolute atomic E-state index is 12.0. The van der Waals surface area contributed by atoms with E-state index in [0.29, 0.717) is 12.2 Å². The van der Waals surface area contributed by atoms with Gasteiger partial charge in [0.15, 0.2) is 0 Å². The molecule has 1 rings (SSSR count). The van der Waals surface area contributed by atoms with Crippen molar-refractivity contribution in [2.24, 2.45) is 0 Å². The van der Waals surface area contributed by atoms with Crippen molar-refractivity contribution >= 4 is 21.8 Å². The van der Waals surface area contributed by atoms with Gasteiger partial charge in [-0.15, -0.1) is 0 Å². The number of hydrogen-bond donors (Lipinski definition) is 1. The van der Waals surface area contributed by atoms with Gasteiger partial charge in [-0.05, 0) is 38.5 Å². The fourth-order valence-corrected chi connectivity index (χ4v) is 1.89. The molecule has 0 spiro atoms. The topological polar surface area (TPSA) is 38.3 Å². The minimum absolute atomic E-state index is 0.0900. The highest BCUT2D eigenvalue weighted by molar-refractivity contribution is 9.10. The Morgan fingerprint density at radius 1 is 1.47 bits per heavy atom. The summed E-state index contributed by atoms with van der Waals surface area (Å²) in [7, 11) is 1.62. The van der Waals surface area contributed by atoms with Crippen molar-refractivity contribution in [3.05, 3.63) is 33.8 Å². The molecule has 0 aliphatic carbocycles. The summed E-state index contributed by atoms with van der Waals surface area (Å²) in [6.07, 6.45) is 0. The number of carbonyl (C=O) groups is 1. The maximum Gasteiger partial charge on any atom is 0.251 e. The van der Waals surface area contributed by atoms with Gasteiger partial charge in [0.2, 0.25) is 0 Å². The van der Waals surface area contributed by atoms with Crippen LogP contribution in [0, 0.1) is 6.92 Å². The van der Waals surface area contributed by atoms with E-state index < -0.39 is 0 Å². The molecule has 0 bridgehead atoms. The third kappa shape index (κ3) is 4.13. The van der Waals surface area contributed by atoms with Crippen LogP contribution in [-0.2, 0) is 4.74 Å². The minimum Gasteiger partial charge on any atom is -0.382 e. The Hall–Kier alpha value is -0.870. The van der Waals surface area contributed by atoms with Crippen molar-refractivity contribution < 1.29 is 9.53 Å². The fraction of sp³-hybridized carbons (Fsp3) is 0.462. The van der Waals surface area contributed by atoms with Crippen LogP contribution in [0.1, 0.15) is 29.8 Å². The smallest absolute Gasteiger partial charge is 0.251 e. The molecule has 17 heavy (non-hydrogen) atoms. The van der Waals surface area contributed by atoms with E-state index in [1.165, 1.54) is 0 Å². The second-order valence-electron chi connectivity index (χ2n) is 4.73. The van der Waals surface area contributed by atoms with E-state index in [1.807, 2.05) is 39.0 Å². The van der Waals surface area contributed by atoms with E-state index in [4.69, 9.17) is 4.74 Å². The van der Waals surface area contributed by atoms with Crippen LogP contribution in [0.25, 0.3) is 0 Å². The number of rotatable bonds is 4. The first kappa shape index (κ1) is 14.2. The Morgan fingerprint density at radius 2 is 2.12 bits per heavy atom. The number of methoxy groups -OCH3 is 1. The van der Waals surface area contributed by atoms with Crippen LogP contribution in [0.2, 0.25) is 0 Å². The largest absolute Gasteiger partial charge is 0.382 e. The molecule has 0 saturated carbocycles. The van der Waals surface area contributed by atoms with Gasteiger partial charge in [-0.3, -0.25) is 4.79 Å². The summed E-state index contributed by atoms with van der Waals surface area (Å²) >= 11 is 3.42. The first-order valence-electron chi connectivity index (χ1n) is 5.43. The Kier molecular flexibility index (Phi) is 4.71. The predicted molar refractivity (Wildman–Crippen MR) is 72.3 cm³/mol. The molecule has 4 heteroatoms. The molecule has 0 unspecified atom stereocenters. The quantitative estimate of drug-likeness (QED) is 0.928. The molecular weight excluding hydrogens is 282 g/mol. The molecule has 0 radical (unpaired) electrons. The molecule has 0 atom stereocenters. The maximum atomic E-state index is 12.0. The van der Waals surface area contributed by atoms with Crippen LogP contribution < -0.4 is 5.32 Å². The highest BCUT2D eigenvalue weighted by Crippen LogP contribution is 2.18. The van der Waals surface area contributed by atoms with Gasteiger partial charge in [0.1, 0.15) is 0 Å². The van der Waals surface area contributed by atoms with Gasteiger partial charge in [0.25, 0.3) is 5.91 Å². The Bertz CT molecular complexity index is 416. The molecule has 0 saturated heterocycles. The lowest BCUT2D eigenvalue weighted by atomic mass is 10.1. The summed E-state index contributed by atoms with van der Waals surface area (Å²) in [5, 5.41) is 2.94. The monoisotopic (exact) mass is 299 g/mol. The van der Waals surface area contributed by atoms with E-state index >= 15 is 0 Å². The van der Waals surface area contributed by atoms with Crippen molar-refractivity contribution in [3.8, 4) is 0 Å². The highest BCUT2D eigenvalue weighted by Gasteiger charge is 2.21. The van der Waals surface area contributed by atoms with Crippen LogP contribution >= 0.6 is 15.9 Å². The van der Waals surface area contributed by atoms with E-state index in [2.05, 4.69) is 21.2 Å². The van der Waals surface area contributed by atoms with Crippen LogP contribution in [0.5, 0.6) is 0 Å². The summed E-state index contributed by atoms with van der Waals surface area (Å²) < 4.78 is 6.00. The van der Waals surface area contributed by atoms with Crippen LogP contribution in [0.15, 0.2) is 22.7 Å². The number of aryl methyl sites for hydroxylation is 1. The molecule has 0 aromatic heterocycles. The second-order valence-corrected chi connectivity index (χ2v) is 5.59. The first-order chi connectivity index (χ1) is 7.85. The molecule has 1 aromatic carbocycles. The van der Waals surface area contributed by atoms with Gasteiger partial charge in [0.05, 0.1) is 12.1 Å². The summed E-state index contributed by atoms with van der Waals surface area (Å²) in [5.74, 6) is -0.0900. The zero-order chi connectivity index (χ0) is 13.1. The van der Waals surface area contributed by atoms with Gasteiger partial charge >= 0.3 is 0 Å². The van der Waals surface area contributed by atoms with Crippen molar-refractivity contribution in [1.82, 2.24) is 5.32 Å². The lowest BCUT2D eigenvalue weighted by Gasteiger charge is -2.25. The number of halogens is 1. The second kappa shape index (κ2) is 5.65. The van der Waals surface area contributed by atoms with Gasteiger partial charge in [0, 0.05) is 17.1 Å². The summed E-state index contributed by atoms with van der Waals surface area (Å²) in [5.41, 5.74) is 1.38. The molecule has 0 aliphatic heterocycles. The lowest BCUT2D eigenvalue weighted by molar-refractivity contribution is 0.0820. The molecule has 94 valence electrons. The van der Waals surface area contributed by atoms with Crippen LogP contribution in [0.4, 0.5) is 0 Å². The SMILES string of the molecule is COCC(C)(C)NC(=O)c1ccc(C)c(Br)c1. The predicted octanol–water partition coefficient (Wildman–Crippen LogP) is 2.91. The summed E-state index contributed by atoms with van der Waals surface area (Å²) in [6.45, 7) is 6.32. The molecular formula is C13H18BrNO2. The van der Waals surface area contributed by atoms with Gasteiger partial charge in [-0.1, -0.05) is 22.0 Å². The van der Waals surface area contributed by atoms with Crippen molar-refractivity contribution in [2.45, 2.75) is 26.3 Å². The average Bonchev–Trinajstić information content (AvgIpc) is 2.21. The van der Waals surface area contributed by atoms with Gasteiger partial charge < -0.3 is 10.1 Å². The Balaban J connectivity index is 2.80. The number of hydrogen-bond acceptors (Lipinski definition) is 2. The van der Waals surface area contributed by atoms with Crippen LogP contribution in [0.3, 0.4) is 0 Å². The standard InChI is InChI=1S/C13H18BrNO2/c1-9-5-6-10(7-11(9)14)12(16)15-13(2,3)8-17-4/h5-7H,8H2,1-4H3,(H,15,16). The van der Waals surface area contributed by atoms with E-state index in [9.17, 15) is 4.79 Å². The van der Waals surface area contributed by atoms with Gasteiger partial charge in [-0.25, -0.2) is 0 Å².